The third-order valence-electron chi connectivity index (χ3n) is 5.75. The normalized spacial score (nSPS) is 17.7. The van der Waals surface area contributed by atoms with Gasteiger partial charge in [0, 0.05) is 17.3 Å². The zero-order valence-electron chi connectivity index (χ0n) is 18.4. The summed E-state index contributed by atoms with van der Waals surface area (Å²) in [7, 11) is 0. The molecule has 1 heterocycles. The van der Waals surface area contributed by atoms with E-state index in [0.29, 0.717) is 17.7 Å². The van der Waals surface area contributed by atoms with Gasteiger partial charge in [-0.2, -0.15) is 18.2 Å². The van der Waals surface area contributed by atoms with E-state index >= 15 is 0 Å². The molecule has 1 saturated heterocycles. The molecule has 1 N–H and O–H groups in total. The third-order valence-corrected chi connectivity index (χ3v) is 5.75. The number of carbonyl (C=O) groups is 1. The van der Waals surface area contributed by atoms with Crippen LogP contribution in [0.1, 0.15) is 70.9 Å². The predicted molar refractivity (Wildman–Crippen MR) is 116 cm³/mol. The molecule has 1 unspecified atom stereocenters. The number of hydrogen-bond acceptors (Lipinski definition) is 3. The van der Waals surface area contributed by atoms with E-state index in [9.17, 15) is 18.0 Å². The topological polar surface area (TPSA) is 41.6 Å². The number of carbonyl (C=O) groups excluding carboxylic acids is 1. The maximum atomic E-state index is 14.2. The lowest BCUT2D eigenvalue weighted by Crippen LogP contribution is -2.51. The molecule has 2 aromatic rings. The number of halogens is 3. The molecule has 0 aromatic heterocycles. The average Bonchev–Trinajstić information content (AvgIpc) is 2.95. The largest absolute Gasteiger partial charge is 0.493 e. The van der Waals surface area contributed by atoms with Gasteiger partial charge in [0.1, 0.15) is 5.75 Å². The van der Waals surface area contributed by atoms with Crippen LogP contribution >= 0.6 is 0 Å². The van der Waals surface area contributed by atoms with Crippen LogP contribution in [0.3, 0.4) is 0 Å². The summed E-state index contributed by atoms with van der Waals surface area (Å²) >= 11 is 0. The summed E-state index contributed by atoms with van der Waals surface area (Å²) in [4.78, 5) is 11.9. The fraction of sp³-hybridized carbons (Fsp3) is 0.542. The number of rotatable bonds is 9. The van der Waals surface area contributed by atoms with Crippen molar-refractivity contribution in [1.82, 2.24) is 10.4 Å². The smallest absolute Gasteiger partial charge is 0.409 e. The van der Waals surface area contributed by atoms with Gasteiger partial charge in [0.15, 0.2) is 6.04 Å². The standard InChI is InChI=1S/C24H31F3N2O2/c1-4-5-6-7-8-14-31-20-11-9-10-17-12-13-18(15-19(17)20)22(24(25,26)27)29-23(2,3)16-21(30)28-29/h9-13,15,22H,4-8,14,16H2,1-3H3,(H,28,30). The van der Waals surface area contributed by atoms with Crippen molar-refractivity contribution in [2.75, 3.05) is 6.61 Å². The molecule has 4 nitrogen and oxygen atoms in total. The van der Waals surface area contributed by atoms with E-state index in [1.807, 2.05) is 12.1 Å². The van der Waals surface area contributed by atoms with E-state index in [1.165, 1.54) is 18.9 Å². The van der Waals surface area contributed by atoms with Crippen molar-refractivity contribution in [3.05, 3.63) is 42.0 Å². The summed E-state index contributed by atoms with van der Waals surface area (Å²) in [6.07, 6.45) is 0.960. The van der Waals surface area contributed by atoms with Crippen LogP contribution in [-0.4, -0.2) is 29.2 Å². The number of amides is 1. The number of unbranched alkanes of at least 4 members (excludes halogenated alkanes) is 4. The Balaban J connectivity index is 1.89. The highest BCUT2D eigenvalue weighted by molar-refractivity contribution is 5.89. The lowest BCUT2D eigenvalue weighted by atomic mass is 9.95. The van der Waals surface area contributed by atoms with Crippen LogP contribution in [0.15, 0.2) is 36.4 Å². The van der Waals surface area contributed by atoms with Gasteiger partial charge < -0.3 is 4.74 Å². The van der Waals surface area contributed by atoms with Gasteiger partial charge in [0.2, 0.25) is 5.91 Å². The van der Waals surface area contributed by atoms with Gasteiger partial charge >= 0.3 is 6.18 Å². The van der Waals surface area contributed by atoms with Crippen molar-refractivity contribution < 1.29 is 22.7 Å². The van der Waals surface area contributed by atoms with Crippen LogP contribution in [0.4, 0.5) is 13.2 Å². The number of nitrogens with zero attached hydrogens (tertiary/aromatic N) is 1. The Hall–Kier alpha value is -2.28. The second-order valence-electron chi connectivity index (χ2n) is 8.84. The first-order valence-corrected chi connectivity index (χ1v) is 10.9. The summed E-state index contributed by atoms with van der Waals surface area (Å²) < 4.78 is 48.4. The molecule has 170 valence electrons. The van der Waals surface area contributed by atoms with E-state index < -0.39 is 23.7 Å². The number of ether oxygens (including phenoxy) is 1. The molecule has 1 amide bonds. The molecular formula is C24H31F3N2O2. The van der Waals surface area contributed by atoms with E-state index in [2.05, 4.69) is 12.3 Å². The fourth-order valence-electron chi connectivity index (χ4n) is 4.15. The number of hydrazine groups is 1. The summed E-state index contributed by atoms with van der Waals surface area (Å²) in [6.45, 7) is 5.97. The number of nitrogens with one attached hydrogen (secondary N) is 1. The molecular weight excluding hydrogens is 405 g/mol. The molecule has 1 aliphatic rings. The quantitative estimate of drug-likeness (QED) is 0.469. The zero-order valence-corrected chi connectivity index (χ0v) is 18.4. The monoisotopic (exact) mass is 436 g/mol. The molecule has 0 radical (unpaired) electrons. The van der Waals surface area contributed by atoms with Crippen LogP contribution in [0.2, 0.25) is 0 Å². The summed E-state index contributed by atoms with van der Waals surface area (Å²) in [6, 6.07) is 8.26. The molecule has 0 saturated carbocycles. The van der Waals surface area contributed by atoms with Crippen LogP contribution in [0, 0.1) is 0 Å². The minimum absolute atomic E-state index is 0.0134. The maximum Gasteiger partial charge on any atom is 0.409 e. The summed E-state index contributed by atoms with van der Waals surface area (Å²) in [5, 5.41) is 2.50. The molecule has 2 aromatic carbocycles. The lowest BCUT2D eigenvalue weighted by molar-refractivity contribution is -0.203. The van der Waals surface area contributed by atoms with Crippen LogP contribution in [0.5, 0.6) is 5.75 Å². The number of fused-ring (bicyclic) bond motifs is 1. The Morgan fingerprint density at radius 1 is 1.13 bits per heavy atom. The van der Waals surface area contributed by atoms with Gasteiger partial charge in [0.25, 0.3) is 0 Å². The van der Waals surface area contributed by atoms with Gasteiger partial charge in [0.05, 0.1) is 6.61 Å². The van der Waals surface area contributed by atoms with Crippen molar-refractivity contribution in [3.8, 4) is 5.75 Å². The highest BCUT2D eigenvalue weighted by Crippen LogP contribution is 2.43. The van der Waals surface area contributed by atoms with Crippen molar-refractivity contribution in [2.24, 2.45) is 0 Å². The Kier molecular flexibility index (Phi) is 7.14. The highest BCUT2D eigenvalue weighted by Gasteiger charge is 2.53. The first-order chi connectivity index (χ1) is 14.6. The van der Waals surface area contributed by atoms with Crippen molar-refractivity contribution >= 4 is 16.7 Å². The van der Waals surface area contributed by atoms with E-state index in [0.717, 1.165) is 29.7 Å². The molecule has 3 rings (SSSR count). The predicted octanol–water partition coefficient (Wildman–Crippen LogP) is 6.31. The van der Waals surface area contributed by atoms with Gasteiger partial charge in [-0.3, -0.25) is 10.2 Å². The lowest BCUT2D eigenvalue weighted by Gasteiger charge is -2.38. The van der Waals surface area contributed by atoms with Crippen molar-refractivity contribution in [3.63, 3.8) is 0 Å². The zero-order chi connectivity index (χ0) is 22.6. The van der Waals surface area contributed by atoms with Gasteiger partial charge in [-0.15, -0.1) is 0 Å². The van der Waals surface area contributed by atoms with Gasteiger partial charge in [-0.05, 0) is 43.4 Å². The van der Waals surface area contributed by atoms with Crippen LogP contribution < -0.4 is 10.2 Å². The molecule has 1 aliphatic heterocycles. The molecule has 7 heteroatoms. The first kappa shape index (κ1) is 23.4. The Labute approximate surface area is 181 Å². The van der Waals surface area contributed by atoms with Crippen LogP contribution in [0.25, 0.3) is 10.8 Å². The molecule has 0 aliphatic carbocycles. The van der Waals surface area contributed by atoms with E-state index in [4.69, 9.17) is 4.74 Å². The fourth-order valence-corrected chi connectivity index (χ4v) is 4.15. The second-order valence-corrected chi connectivity index (χ2v) is 8.84. The molecule has 31 heavy (non-hydrogen) atoms. The SMILES string of the molecule is CCCCCCCOc1cccc2ccc(C(N3NC(=O)CC3(C)C)C(F)(F)F)cc12. The van der Waals surface area contributed by atoms with Gasteiger partial charge in [-0.25, -0.2) is 0 Å². The maximum absolute atomic E-state index is 14.2. The number of alkyl halides is 3. The molecule has 0 spiro atoms. The third kappa shape index (κ3) is 5.50. The first-order valence-electron chi connectivity index (χ1n) is 10.9. The molecule has 1 fully saturated rings. The van der Waals surface area contributed by atoms with E-state index in [-0.39, 0.29) is 12.0 Å². The molecule has 1 atom stereocenters. The van der Waals surface area contributed by atoms with Gasteiger partial charge in [-0.1, -0.05) is 56.9 Å². The van der Waals surface area contributed by atoms with E-state index in [1.54, 1.807) is 32.0 Å². The minimum atomic E-state index is -4.56. The average molecular weight is 437 g/mol. The Morgan fingerprint density at radius 3 is 2.52 bits per heavy atom. The number of benzene rings is 2. The minimum Gasteiger partial charge on any atom is -0.493 e. The second kappa shape index (κ2) is 9.47. The Bertz CT molecular complexity index is 911. The number of hydrogen-bond donors (Lipinski definition) is 1. The Morgan fingerprint density at radius 2 is 1.87 bits per heavy atom. The van der Waals surface area contributed by atoms with Crippen molar-refractivity contribution in [1.29, 1.82) is 0 Å². The van der Waals surface area contributed by atoms with Crippen LogP contribution in [-0.2, 0) is 4.79 Å². The summed E-state index contributed by atoms with van der Waals surface area (Å²) in [5.74, 6) is 0.174. The summed E-state index contributed by atoms with van der Waals surface area (Å²) in [5.41, 5.74) is 1.53. The highest BCUT2D eigenvalue weighted by atomic mass is 19.4. The molecule has 0 bridgehead atoms. The van der Waals surface area contributed by atoms with Crippen molar-refractivity contribution in [2.45, 2.75) is 77.1 Å².